The van der Waals surface area contributed by atoms with Gasteiger partial charge in [-0.15, -0.1) is 32.9 Å². The molecule has 1 aliphatic heterocycles. The number of amides is 2. The number of likely N-dealkylation sites (tertiary alicyclic amines) is 1. The van der Waals surface area contributed by atoms with E-state index in [1.54, 1.807) is 23.3 Å². The largest absolute Gasteiger partial charge is 0.354 e. The highest BCUT2D eigenvalue weighted by Gasteiger charge is 2.46. The van der Waals surface area contributed by atoms with E-state index < -0.39 is 5.41 Å². The monoisotopic (exact) mass is 510 g/mol. The number of aromatic amines is 1. The number of nitrogens with zero attached hydrogens (tertiary/aromatic N) is 5. The van der Waals surface area contributed by atoms with Crippen molar-refractivity contribution in [3.05, 3.63) is 49.1 Å². The van der Waals surface area contributed by atoms with Crippen LogP contribution >= 0.6 is 22.7 Å². The molecule has 4 heterocycles. The number of thiophene rings is 2. The van der Waals surface area contributed by atoms with Crippen LogP contribution in [-0.4, -0.2) is 70.1 Å². The molecular weight excluding hydrogens is 484 g/mol. The molecule has 0 spiro atoms. The van der Waals surface area contributed by atoms with E-state index in [0.717, 1.165) is 41.7 Å². The van der Waals surface area contributed by atoms with Gasteiger partial charge in [-0.25, -0.2) is 0 Å². The van der Waals surface area contributed by atoms with Gasteiger partial charge in [0.1, 0.15) is 6.04 Å². The lowest BCUT2D eigenvalue weighted by molar-refractivity contribution is -0.130. The lowest BCUT2D eigenvalue weighted by Crippen LogP contribution is -2.42. The van der Waals surface area contributed by atoms with Crippen LogP contribution in [0.4, 0.5) is 0 Å². The normalized spacial score (nSPS) is 21.1. The van der Waals surface area contributed by atoms with Crippen molar-refractivity contribution in [1.82, 2.24) is 36.2 Å². The van der Waals surface area contributed by atoms with Crippen LogP contribution < -0.4 is 10.6 Å². The van der Waals surface area contributed by atoms with Crippen molar-refractivity contribution in [3.8, 4) is 6.07 Å². The smallest absolute Gasteiger partial charge is 0.261 e. The highest BCUT2D eigenvalue weighted by Crippen LogP contribution is 2.49. The zero-order valence-electron chi connectivity index (χ0n) is 19.3. The van der Waals surface area contributed by atoms with Crippen LogP contribution in [0, 0.1) is 11.3 Å². The molecule has 0 aromatic carbocycles. The van der Waals surface area contributed by atoms with Crippen LogP contribution in [0.2, 0.25) is 0 Å². The maximum absolute atomic E-state index is 12.7. The van der Waals surface area contributed by atoms with E-state index in [1.807, 2.05) is 6.07 Å². The molecule has 10 nitrogen and oxygen atoms in total. The average Bonchev–Trinajstić information content (AvgIpc) is 3.68. The Hall–Kier alpha value is -3.14. The zero-order chi connectivity index (χ0) is 24.4. The molecule has 35 heavy (non-hydrogen) atoms. The first-order chi connectivity index (χ1) is 17.1. The Balaban J connectivity index is 1.46. The number of H-pyrrole nitrogens is 1. The molecule has 1 unspecified atom stereocenters. The molecule has 1 fully saturated rings. The van der Waals surface area contributed by atoms with Crippen molar-refractivity contribution in [2.24, 2.45) is 0 Å². The van der Waals surface area contributed by atoms with E-state index in [9.17, 15) is 14.9 Å². The minimum atomic E-state index is -0.699. The highest BCUT2D eigenvalue weighted by molar-refractivity contribution is 7.14. The molecule has 1 saturated heterocycles. The van der Waals surface area contributed by atoms with Gasteiger partial charge in [0.25, 0.3) is 5.91 Å². The van der Waals surface area contributed by atoms with Crippen molar-refractivity contribution < 1.29 is 9.59 Å². The first kappa shape index (κ1) is 23.6. The summed E-state index contributed by atoms with van der Waals surface area (Å²) in [6, 6.07) is 5.98. The Morgan fingerprint density at radius 2 is 2.20 bits per heavy atom. The Bertz CT molecular complexity index is 1260. The predicted octanol–water partition coefficient (Wildman–Crippen LogP) is 1.61. The molecule has 0 bridgehead atoms. The number of rotatable bonds is 7. The maximum Gasteiger partial charge on any atom is 0.261 e. The Morgan fingerprint density at radius 3 is 2.97 bits per heavy atom. The van der Waals surface area contributed by atoms with Crippen molar-refractivity contribution in [1.29, 1.82) is 5.26 Å². The second-order valence-corrected chi connectivity index (χ2v) is 10.9. The van der Waals surface area contributed by atoms with Gasteiger partial charge in [0.05, 0.1) is 22.9 Å². The average molecular weight is 511 g/mol. The number of carbonyl (C=O) groups is 2. The fraction of sp³-hybridized carbons (Fsp3) is 0.478. The summed E-state index contributed by atoms with van der Waals surface area (Å²) in [5.41, 5.74) is 1.45. The maximum atomic E-state index is 12.7. The highest BCUT2D eigenvalue weighted by atomic mass is 32.1. The van der Waals surface area contributed by atoms with E-state index >= 15 is 0 Å². The van der Waals surface area contributed by atoms with Gasteiger partial charge in [0.2, 0.25) is 5.91 Å². The Morgan fingerprint density at radius 1 is 1.34 bits per heavy atom. The fourth-order valence-corrected chi connectivity index (χ4v) is 7.38. The van der Waals surface area contributed by atoms with Crippen molar-refractivity contribution in [3.63, 3.8) is 0 Å². The fourth-order valence-electron chi connectivity index (χ4n) is 5.23. The molecule has 2 amide bonds. The standard InChI is InChI=1S/C23H26N8O2S2/c1-25-21(33)19-11-16-18(35-19)5-4-17-15(6-10-34-17)23(16,22-27-29-30-28-22)7-8-26-13-20(32)31-9-2-3-14(31)12-24/h6,10-11,14,26H,2-5,7-9,13H2,1H3,(H,25,33)(H,27,28,29,30)/t14-,23?/m0/s1. The summed E-state index contributed by atoms with van der Waals surface area (Å²) in [6.07, 6.45) is 3.89. The molecule has 2 atom stereocenters. The Labute approximate surface area is 210 Å². The molecule has 12 heteroatoms. The molecule has 182 valence electrons. The number of aromatic nitrogens is 4. The number of hydrogen-bond donors (Lipinski definition) is 3. The predicted molar refractivity (Wildman–Crippen MR) is 131 cm³/mol. The molecule has 3 N–H and O–H groups in total. The van der Waals surface area contributed by atoms with Gasteiger partial charge in [0, 0.05) is 23.3 Å². The third-order valence-corrected chi connectivity index (χ3v) is 9.08. The van der Waals surface area contributed by atoms with Crippen molar-refractivity contribution in [2.75, 3.05) is 26.7 Å². The number of hydrogen-bond acceptors (Lipinski definition) is 9. The van der Waals surface area contributed by atoms with E-state index in [4.69, 9.17) is 0 Å². The van der Waals surface area contributed by atoms with E-state index in [-0.39, 0.29) is 24.4 Å². The van der Waals surface area contributed by atoms with Crippen LogP contribution in [0.25, 0.3) is 0 Å². The quantitative estimate of drug-likeness (QED) is 0.410. The van der Waals surface area contributed by atoms with Gasteiger partial charge in [-0.3, -0.25) is 9.59 Å². The summed E-state index contributed by atoms with van der Waals surface area (Å²) >= 11 is 3.23. The van der Waals surface area contributed by atoms with Crippen LogP contribution in [0.5, 0.6) is 0 Å². The molecule has 0 saturated carbocycles. The first-order valence-electron chi connectivity index (χ1n) is 11.6. The lowest BCUT2D eigenvalue weighted by atomic mass is 9.72. The number of fused-ring (bicyclic) bond motifs is 2. The van der Waals surface area contributed by atoms with Gasteiger partial charge >= 0.3 is 0 Å². The molecule has 3 aromatic rings. The first-order valence-corrected chi connectivity index (χ1v) is 13.3. The number of nitriles is 1. The van der Waals surface area contributed by atoms with E-state index in [0.29, 0.717) is 30.2 Å². The third-order valence-electron chi connectivity index (χ3n) is 6.91. The number of aryl methyl sites for hydroxylation is 2. The summed E-state index contributed by atoms with van der Waals surface area (Å²) in [5, 5.41) is 32.7. The molecule has 0 radical (unpaired) electrons. The Kier molecular flexibility index (Phi) is 6.64. The zero-order valence-corrected chi connectivity index (χ0v) is 21.0. The van der Waals surface area contributed by atoms with Crippen molar-refractivity contribution >= 4 is 34.5 Å². The topological polar surface area (TPSA) is 140 Å². The molecule has 5 rings (SSSR count). The van der Waals surface area contributed by atoms with Crippen LogP contribution in [0.15, 0.2) is 17.5 Å². The summed E-state index contributed by atoms with van der Waals surface area (Å²) < 4.78 is 0. The summed E-state index contributed by atoms with van der Waals surface area (Å²) in [5.74, 6) is 0.383. The van der Waals surface area contributed by atoms with Crippen LogP contribution in [0.1, 0.15) is 55.6 Å². The third kappa shape index (κ3) is 4.13. The molecule has 1 aliphatic carbocycles. The van der Waals surface area contributed by atoms with Gasteiger partial charge in [-0.1, -0.05) is 5.21 Å². The summed E-state index contributed by atoms with van der Waals surface area (Å²) in [6.45, 7) is 1.31. The minimum Gasteiger partial charge on any atom is -0.354 e. The number of tetrazole rings is 1. The van der Waals surface area contributed by atoms with E-state index in [2.05, 4.69) is 48.8 Å². The van der Waals surface area contributed by atoms with Crippen LogP contribution in [-0.2, 0) is 23.1 Å². The van der Waals surface area contributed by atoms with Gasteiger partial charge in [-0.05, 0) is 67.3 Å². The van der Waals surface area contributed by atoms with Crippen molar-refractivity contribution in [2.45, 2.75) is 43.6 Å². The van der Waals surface area contributed by atoms with Gasteiger partial charge < -0.3 is 15.5 Å². The second-order valence-electron chi connectivity index (χ2n) is 8.73. The second kappa shape index (κ2) is 9.85. The molecule has 3 aromatic heterocycles. The van der Waals surface area contributed by atoms with Crippen LogP contribution in [0.3, 0.4) is 0 Å². The van der Waals surface area contributed by atoms with Gasteiger partial charge in [-0.2, -0.15) is 10.5 Å². The summed E-state index contributed by atoms with van der Waals surface area (Å²) in [4.78, 5) is 30.0. The van der Waals surface area contributed by atoms with E-state index in [1.165, 1.54) is 16.2 Å². The number of nitrogens with one attached hydrogen (secondary N) is 3. The molecular formula is C23H26N8O2S2. The summed E-state index contributed by atoms with van der Waals surface area (Å²) in [7, 11) is 1.63. The van der Waals surface area contributed by atoms with Gasteiger partial charge in [0.15, 0.2) is 5.82 Å². The lowest BCUT2D eigenvalue weighted by Gasteiger charge is -2.31. The minimum absolute atomic E-state index is 0.0575. The SMILES string of the molecule is CNC(=O)c1cc2c(s1)CCc1sccc1C2(CCNCC(=O)N1CCC[C@H]1C#N)c1nn[nH]n1. The number of carbonyl (C=O) groups excluding carboxylic acids is 2. The molecule has 2 aliphatic rings.